The summed E-state index contributed by atoms with van der Waals surface area (Å²) >= 11 is 0.839. The fraction of sp³-hybridized carbons (Fsp3) is 0.357. The third kappa shape index (κ3) is 7.82. The highest BCUT2D eigenvalue weighted by Gasteiger charge is 2.43. The van der Waals surface area contributed by atoms with E-state index in [0.717, 1.165) is 34.7 Å². The van der Waals surface area contributed by atoms with Crippen molar-refractivity contribution in [2.75, 3.05) is 5.75 Å². The Hall–Kier alpha value is -2.96. The van der Waals surface area contributed by atoms with E-state index in [9.17, 15) is 35.6 Å². The lowest BCUT2D eigenvalue weighted by molar-refractivity contribution is -0.152. The quantitative estimate of drug-likeness (QED) is 0.185. The number of pyridine rings is 1. The molecule has 40 heavy (non-hydrogen) atoms. The molecule has 0 aliphatic rings. The van der Waals surface area contributed by atoms with Gasteiger partial charge in [-0.15, -0.1) is 0 Å². The summed E-state index contributed by atoms with van der Waals surface area (Å²) in [4.78, 5) is 26.1. The molecule has 0 aliphatic heterocycles. The van der Waals surface area contributed by atoms with Crippen molar-refractivity contribution in [3.8, 4) is 11.1 Å². The molecule has 2 aromatic carbocycles. The van der Waals surface area contributed by atoms with E-state index < -0.39 is 55.3 Å². The molecule has 6 nitrogen and oxygen atoms in total. The Bertz CT molecular complexity index is 1560. The zero-order valence-corrected chi connectivity index (χ0v) is 24.2. The van der Waals surface area contributed by atoms with Gasteiger partial charge in [0.1, 0.15) is 11.9 Å². The van der Waals surface area contributed by atoms with Gasteiger partial charge in [-0.25, -0.2) is 17.5 Å². The van der Waals surface area contributed by atoms with Gasteiger partial charge in [0, 0.05) is 46.5 Å². The molecule has 3 aromatic rings. The maximum atomic E-state index is 14.5. The monoisotopic (exact) mass is 598 g/mol. The Balaban J connectivity index is 2.34. The van der Waals surface area contributed by atoms with E-state index in [1.807, 2.05) is 0 Å². The first-order valence-corrected chi connectivity index (χ1v) is 14.9. The number of nitrogens with one attached hydrogen (secondary N) is 1. The molecule has 0 saturated carbocycles. The van der Waals surface area contributed by atoms with Crippen LogP contribution >= 0.6 is 11.9 Å². The number of benzene rings is 2. The number of nitrogens with zero attached hydrogens (tertiary/aromatic N) is 1. The Kier molecular flexibility index (Phi) is 9.37. The molecule has 216 valence electrons. The summed E-state index contributed by atoms with van der Waals surface area (Å²) < 4.78 is 84.5. The number of hydrogen-bond donors (Lipinski definition) is 1. The minimum Gasteiger partial charge on any atom is -0.318 e. The molecule has 1 aromatic heterocycles. The van der Waals surface area contributed by atoms with Crippen LogP contribution < -0.4 is 10.3 Å². The first kappa shape index (κ1) is 31.6. The third-order valence-corrected chi connectivity index (χ3v) is 8.55. The lowest BCUT2D eigenvalue weighted by atomic mass is 9.89. The zero-order chi connectivity index (χ0) is 30.0. The molecule has 12 heteroatoms. The lowest BCUT2D eigenvalue weighted by Crippen LogP contribution is -2.34. The van der Waals surface area contributed by atoms with Crippen molar-refractivity contribution < 1.29 is 30.8 Å². The Morgan fingerprint density at radius 2 is 1.65 bits per heavy atom. The molecular weight excluding hydrogens is 568 g/mol. The zero-order valence-electron chi connectivity index (χ0n) is 22.6. The number of aromatic nitrogens is 1. The minimum atomic E-state index is -4.83. The number of aryl methyl sites for hydroxylation is 1. The molecule has 0 spiro atoms. The van der Waals surface area contributed by atoms with Crippen molar-refractivity contribution in [1.82, 2.24) is 9.29 Å². The van der Waals surface area contributed by atoms with Gasteiger partial charge < -0.3 is 4.57 Å². The van der Waals surface area contributed by atoms with Crippen LogP contribution in [0.2, 0.25) is 0 Å². The molecule has 1 N–H and O–H groups in total. The van der Waals surface area contributed by atoms with E-state index in [0.29, 0.717) is 0 Å². The highest BCUT2D eigenvalue weighted by molar-refractivity contribution is 7.98. The van der Waals surface area contributed by atoms with E-state index in [-0.39, 0.29) is 33.6 Å². The highest BCUT2D eigenvalue weighted by atomic mass is 32.2. The Morgan fingerprint density at radius 3 is 2.20 bits per heavy atom. The maximum Gasteiger partial charge on any atom is 0.408 e. The molecule has 3 rings (SSSR count). The van der Waals surface area contributed by atoms with Crippen LogP contribution in [0, 0.1) is 5.82 Å². The molecule has 1 heterocycles. The summed E-state index contributed by atoms with van der Waals surface area (Å²) in [5.41, 5.74) is -0.881. The Labute approximate surface area is 234 Å². The second kappa shape index (κ2) is 11.9. The van der Waals surface area contributed by atoms with Crippen molar-refractivity contribution in [3.05, 3.63) is 93.2 Å². The standard InChI is InChI=1S/C28H30F4N2O4S2/c1-6-40(37,38)16-17-7-12-20(25(36)18-8-10-19(29)11-9-18)21(13-17)23-15-34(5)24(35)14-22(23)26(28(30,31)32)33-39-27(2,3)4/h7-15,26,33H,6,16H2,1-5H3/t26-/m1/s1. The molecule has 0 aliphatic carbocycles. The number of rotatable bonds is 9. The van der Waals surface area contributed by atoms with Crippen molar-refractivity contribution >= 4 is 27.6 Å². The number of carbonyl (C=O) groups is 1. The maximum absolute atomic E-state index is 14.5. The van der Waals surface area contributed by atoms with Crippen LogP contribution in [-0.4, -0.2) is 35.4 Å². The molecular formula is C28H30F4N2O4S2. The molecule has 0 amide bonds. The molecule has 0 saturated heterocycles. The summed E-state index contributed by atoms with van der Waals surface area (Å²) in [5, 5.41) is 0. The number of alkyl halides is 3. The molecule has 1 atom stereocenters. The molecule has 0 fully saturated rings. The summed E-state index contributed by atoms with van der Waals surface area (Å²) in [6, 6.07) is 7.36. The number of hydrogen-bond acceptors (Lipinski definition) is 6. The third-order valence-electron chi connectivity index (χ3n) is 5.93. The van der Waals surface area contributed by atoms with Gasteiger partial charge in [-0.1, -0.05) is 31.0 Å². The number of halogens is 4. The van der Waals surface area contributed by atoms with Gasteiger partial charge >= 0.3 is 6.18 Å². The van der Waals surface area contributed by atoms with Crippen LogP contribution in [0.25, 0.3) is 11.1 Å². The topological polar surface area (TPSA) is 85.2 Å². The van der Waals surface area contributed by atoms with E-state index >= 15 is 0 Å². The fourth-order valence-corrected chi connectivity index (χ4v) is 5.49. The number of carbonyl (C=O) groups excluding carboxylic acids is 1. The summed E-state index contributed by atoms with van der Waals surface area (Å²) in [5.74, 6) is -1.75. The van der Waals surface area contributed by atoms with Crippen molar-refractivity contribution in [1.29, 1.82) is 0 Å². The van der Waals surface area contributed by atoms with E-state index in [2.05, 4.69) is 4.72 Å². The smallest absolute Gasteiger partial charge is 0.318 e. The number of sulfone groups is 1. The SMILES string of the molecule is CCS(=O)(=O)Cc1ccc(C(=O)c2ccc(F)cc2)c(-c2cn(C)c(=O)cc2[C@@H](NSC(C)(C)C)C(F)(F)F)c1. The van der Waals surface area contributed by atoms with Gasteiger partial charge in [0.25, 0.3) is 5.56 Å². The minimum absolute atomic E-state index is 0.0144. The van der Waals surface area contributed by atoms with Crippen molar-refractivity contribution in [2.24, 2.45) is 7.05 Å². The molecule has 0 bridgehead atoms. The van der Waals surface area contributed by atoms with Gasteiger partial charge in [-0.05, 0) is 67.8 Å². The van der Waals surface area contributed by atoms with Crippen LogP contribution in [0.15, 0.2) is 59.5 Å². The summed E-state index contributed by atoms with van der Waals surface area (Å²) in [7, 11) is -2.17. The normalized spacial score (nSPS) is 13.3. The van der Waals surface area contributed by atoms with Gasteiger partial charge in [0.2, 0.25) is 0 Å². The lowest BCUT2D eigenvalue weighted by Gasteiger charge is -2.28. The van der Waals surface area contributed by atoms with Crippen LogP contribution in [0.5, 0.6) is 0 Å². The van der Waals surface area contributed by atoms with Crippen molar-refractivity contribution in [3.63, 3.8) is 0 Å². The average molecular weight is 599 g/mol. The van der Waals surface area contributed by atoms with Crippen LogP contribution in [-0.2, 0) is 22.6 Å². The Morgan fingerprint density at radius 1 is 1.02 bits per heavy atom. The van der Waals surface area contributed by atoms with Gasteiger partial charge in [-0.2, -0.15) is 13.2 Å². The van der Waals surface area contributed by atoms with E-state index in [1.54, 1.807) is 20.8 Å². The first-order valence-electron chi connectivity index (χ1n) is 12.3. The van der Waals surface area contributed by atoms with E-state index in [4.69, 9.17) is 0 Å². The second-order valence-electron chi connectivity index (χ2n) is 10.3. The molecule has 0 unspecified atom stereocenters. The summed E-state index contributed by atoms with van der Waals surface area (Å²) in [6.45, 7) is 6.64. The van der Waals surface area contributed by atoms with Gasteiger partial charge in [0.05, 0.1) is 5.75 Å². The van der Waals surface area contributed by atoms with Gasteiger partial charge in [0.15, 0.2) is 15.6 Å². The van der Waals surface area contributed by atoms with Crippen molar-refractivity contribution in [2.45, 2.75) is 50.4 Å². The van der Waals surface area contributed by atoms with Crippen LogP contribution in [0.3, 0.4) is 0 Å². The van der Waals surface area contributed by atoms with Crippen LogP contribution in [0.4, 0.5) is 17.6 Å². The molecule has 0 radical (unpaired) electrons. The predicted molar refractivity (Wildman–Crippen MR) is 149 cm³/mol. The summed E-state index contributed by atoms with van der Waals surface area (Å²) in [6.07, 6.45) is -3.63. The predicted octanol–water partition coefficient (Wildman–Crippen LogP) is 6.00. The second-order valence-corrected chi connectivity index (χ2v) is 14.3. The van der Waals surface area contributed by atoms with Gasteiger partial charge in [-0.3, -0.25) is 9.59 Å². The highest BCUT2D eigenvalue weighted by Crippen LogP contribution is 2.41. The van der Waals surface area contributed by atoms with Crippen LogP contribution in [0.1, 0.15) is 60.8 Å². The largest absolute Gasteiger partial charge is 0.408 e. The first-order chi connectivity index (χ1) is 18.4. The average Bonchev–Trinajstić information content (AvgIpc) is 2.84. The fourth-order valence-electron chi connectivity index (χ4n) is 3.87. The van der Waals surface area contributed by atoms with E-state index in [1.165, 1.54) is 50.5 Å². The number of ketones is 1.